The van der Waals surface area contributed by atoms with E-state index in [9.17, 15) is 0 Å². The number of hydrogen-bond acceptors (Lipinski definition) is 4. The van der Waals surface area contributed by atoms with Gasteiger partial charge in [0.25, 0.3) is 0 Å². The number of thioether (sulfide) groups is 1. The van der Waals surface area contributed by atoms with Crippen molar-refractivity contribution >= 4 is 31.2 Å². The zero-order chi connectivity index (χ0) is 32.2. The third kappa shape index (κ3) is 6.94. The molecule has 2 heterocycles. The molecule has 1 aliphatic rings. The number of hydrogen-bond donors (Lipinski definition) is 0. The fraction of sp³-hybridized carbons (Fsp3) is 0.214. The van der Waals surface area contributed by atoms with Crippen LogP contribution in [0.15, 0.2) is 150 Å². The molecule has 1 aliphatic heterocycles. The van der Waals surface area contributed by atoms with Gasteiger partial charge in [0.15, 0.2) is 5.76 Å². The van der Waals surface area contributed by atoms with E-state index in [1.165, 1.54) is 21.5 Å². The highest BCUT2D eigenvalue weighted by Gasteiger charge is 2.42. The maximum absolute atomic E-state index is 7.57. The topological polar surface area (TPSA) is 35.3 Å². The summed E-state index contributed by atoms with van der Waals surface area (Å²) in [7, 11) is -2.08. The predicted octanol–water partition coefficient (Wildman–Crippen LogP) is 9.40. The Morgan fingerprint density at radius 1 is 0.723 bits per heavy atom. The number of nitrogens with zero attached hydrogens (tertiary/aromatic N) is 1. The van der Waals surface area contributed by atoms with Gasteiger partial charge in [-0.2, -0.15) is 0 Å². The summed E-state index contributed by atoms with van der Waals surface area (Å²) in [5, 5.41) is 2.62. The van der Waals surface area contributed by atoms with Gasteiger partial charge < -0.3 is 8.84 Å². The van der Waals surface area contributed by atoms with E-state index in [1.54, 1.807) is 0 Å². The molecule has 0 saturated carbocycles. The van der Waals surface area contributed by atoms with E-state index in [0.29, 0.717) is 0 Å². The summed E-state index contributed by atoms with van der Waals surface area (Å²) in [6, 6.07) is 51.5. The molecule has 0 N–H and O–H groups in total. The van der Waals surface area contributed by atoms with Gasteiger partial charge in [-0.15, -0.1) is 11.8 Å². The van der Waals surface area contributed by atoms with Crippen LogP contribution in [0, 0.1) is 5.92 Å². The molecule has 5 heteroatoms. The molecule has 0 aliphatic carbocycles. The van der Waals surface area contributed by atoms with Crippen molar-refractivity contribution < 1.29 is 8.84 Å². The lowest BCUT2D eigenvalue weighted by molar-refractivity contribution is 0.133. The zero-order valence-corrected chi connectivity index (χ0v) is 29.2. The SMILES string of the molecule is CC(C)(C)c1cccc(C(O[SiH](c2ccccc2)c2ccccc2)C2CCSC2c2nc(-c3ccccc3)c(-c3ccccc3)o2)c1. The van der Waals surface area contributed by atoms with Crippen molar-refractivity contribution in [1.82, 2.24) is 4.98 Å². The van der Waals surface area contributed by atoms with E-state index in [1.807, 2.05) is 23.9 Å². The molecule has 5 aromatic carbocycles. The van der Waals surface area contributed by atoms with Gasteiger partial charge in [-0.3, -0.25) is 0 Å². The highest BCUT2D eigenvalue weighted by molar-refractivity contribution is 7.99. The number of benzene rings is 5. The lowest BCUT2D eigenvalue weighted by atomic mass is 9.83. The zero-order valence-electron chi connectivity index (χ0n) is 27.3. The minimum Gasteiger partial charge on any atom is -0.439 e. The number of oxazole rings is 1. The van der Waals surface area contributed by atoms with E-state index in [4.69, 9.17) is 13.8 Å². The number of rotatable bonds is 9. The Bertz CT molecular complexity index is 1790. The second-order valence-electron chi connectivity index (χ2n) is 13.3. The molecule has 1 fully saturated rings. The molecule has 1 aromatic heterocycles. The average molecular weight is 652 g/mol. The van der Waals surface area contributed by atoms with E-state index >= 15 is 0 Å². The van der Waals surface area contributed by atoms with Crippen LogP contribution >= 0.6 is 11.8 Å². The summed E-state index contributed by atoms with van der Waals surface area (Å²) in [5.74, 6) is 2.82. The van der Waals surface area contributed by atoms with Crippen LogP contribution in [0.1, 0.15) is 55.6 Å². The second kappa shape index (κ2) is 13.9. The molecular weight excluding hydrogens is 611 g/mol. The fourth-order valence-corrected chi connectivity index (χ4v) is 10.5. The smallest absolute Gasteiger partial charge is 0.240 e. The Hall–Kier alpha value is -4.16. The lowest BCUT2D eigenvalue weighted by Crippen LogP contribution is -2.46. The Morgan fingerprint density at radius 2 is 1.30 bits per heavy atom. The largest absolute Gasteiger partial charge is 0.439 e. The molecule has 0 bridgehead atoms. The Morgan fingerprint density at radius 3 is 1.89 bits per heavy atom. The van der Waals surface area contributed by atoms with Gasteiger partial charge in [0.05, 0.1) is 11.4 Å². The highest BCUT2D eigenvalue weighted by Crippen LogP contribution is 2.52. The molecule has 0 radical (unpaired) electrons. The van der Waals surface area contributed by atoms with E-state index in [-0.39, 0.29) is 22.7 Å². The molecule has 7 rings (SSSR count). The van der Waals surface area contributed by atoms with Crippen LogP contribution in [-0.2, 0) is 9.84 Å². The molecule has 3 nitrogen and oxygen atoms in total. The maximum atomic E-state index is 7.57. The first-order chi connectivity index (χ1) is 23.0. The molecule has 3 unspecified atom stereocenters. The third-order valence-corrected chi connectivity index (χ3v) is 13.0. The molecule has 0 spiro atoms. The van der Waals surface area contributed by atoms with Crippen LogP contribution in [0.25, 0.3) is 22.6 Å². The predicted molar refractivity (Wildman–Crippen MR) is 199 cm³/mol. The van der Waals surface area contributed by atoms with E-state index < -0.39 is 9.04 Å². The molecule has 1 saturated heterocycles. The minimum absolute atomic E-state index is 0.0256. The summed E-state index contributed by atoms with van der Waals surface area (Å²) in [5.41, 5.74) is 5.57. The number of aromatic nitrogens is 1. The fourth-order valence-electron chi connectivity index (χ4n) is 6.57. The third-order valence-electron chi connectivity index (χ3n) is 9.07. The van der Waals surface area contributed by atoms with Gasteiger partial charge in [0, 0.05) is 17.0 Å². The summed E-state index contributed by atoms with van der Waals surface area (Å²) in [6.07, 6.45) is 0.898. The molecule has 3 atom stereocenters. The first-order valence-electron chi connectivity index (χ1n) is 16.5. The first-order valence-corrected chi connectivity index (χ1v) is 19.2. The van der Waals surface area contributed by atoms with Crippen molar-refractivity contribution in [2.45, 2.75) is 44.0 Å². The minimum atomic E-state index is -2.08. The van der Waals surface area contributed by atoms with Crippen LogP contribution in [-0.4, -0.2) is 19.8 Å². The van der Waals surface area contributed by atoms with Crippen LogP contribution in [0.2, 0.25) is 0 Å². The summed E-state index contributed by atoms with van der Waals surface area (Å²) in [6.45, 7) is 6.85. The van der Waals surface area contributed by atoms with Crippen molar-refractivity contribution in [3.63, 3.8) is 0 Å². The maximum Gasteiger partial charge on any atom is 0.240 e. The Kier molecular flexibility index (Phi) is 9.30. The molecule has 236 valence electrons. The summed E-state index contributed by atoms with van der Waals surface area (Å²) >= 11 is 1.95. The van der Waals surface area contributed by atoms with Crippen LogP contribution in [0.3, 0.4) is 0 Å². The van der Waals surface area contributed by atoms with Crippen LogP contribution in [0.5, 0.6) is 0 Å². The molecular formula is C42H41NO2SSi. The van der Waals surface area contributed by atoms with Crippen LogP contribution in [0.4, 0.5) is 0 Å². The van der Waals surface area contributed by atoms with Gasteiger partial charge >= 0.3 is 0 Å². The quantitative estimate of drug-likeness (QED) is 0.146. The lowest BCUT2D eigenvalue weighted by Gasteiger charge is -2.32. The van der Waals surface area contributed by atoms with Crippen molar-refractivity contribution in [3.05, 3.63) is 163 Å². The van der Waals surface area contributed by atoms with Gasteiger partial charge in [0.1, 0.15) is 5.69 Å². The van der Waals surface area contributed by atoms with Crippen molar-refractivity contribution in [2.75, 3.05) is 5.75 Å². The van der Waals surface area contributed by atoms with Gasteiger partial charge in [-0.1, -0.05) is 166 Å². The molecule has 6 aromatic rings. The van der Waals surface area contributed by atoms with Gasteiger partial charge in [-0.05, 0) is 39.1 Å². The Labute approximate surface area is 284 Å². The van der Waals surface area contributed by atoms with E-state index in [2.05, 4.69) is 154 Å². The van der Waals surface area contributed by atoms with Crippen LogP contribution < -0.4 is 10.4 Å². The summed E-state index contributed by atoms with van der Waals surface area (Å²) in [4.78, 5) is 5.29. The van der Waals surface area contributed by atoms with Crippen molar-refractivity contribution in [1.29, 1.82) is 0 Å². The Balaban J connectivity index is 1.34. The standard InChI is InChI=1S/C42H41NO2SSi/c1-42(2,3)33-22-16-21-32(29-33)38(45-47(34-23-12-6-13-24-34)35-25-14-7-15-26-35)36-27-28-46-40(36)41-43-37(30-17-8-4-9-18-30)39(44-41)31-19-10-5-11-20-31/h4-26,29,36,38,40,47H,27-28H2,1-3H3. The first kappa shape index (κ1) is 31.4. The average Bonchev–Trinajstić information content (AvgIpc) is 3.78. The van der Waals surface area contributed by atoms with Gasteiger partial charge in [-0.25, -0.2) is 4.98 Å². The molecule has 0 amide bonds. The van der Waals surface area contributed by atoms with Crippen molar-refractivity contribution in [3.8, 4) is 22.6 Å². The van der Waals surface area contributed by atoms with Crippen molar-refractivity contribution in [2.24, 2.45) is 5.92 Å². The highest BCUT2D eigenvalue weighted by atomic mass is 32.2. The summed E-state index contributed by atoms with van der Waals surface area (Å²) < 4.78 is 14.4. The second-order valence-corrected chi connectivity index (χ2v) is 17.0. The monoisotopic (exact) mass is 651 g/mol. The normalized spacial score (nSPS) is 17.2. The van der Waals surface area contributed by atoms with E-state index in [0.717, 1.165) is 40.6 Å². The molecule has 47 heavy (non-hydrogen) atoms. The van der Waals surface area contributed by atoms with Gasteiger partial charge in [0.2, 0.25) is 14.9 Å².